The van der Waals surface area contributed by atoms with Crippen molar-refractivity contribution < 1.29 is 27.4 Å². The van der Waals surface area contributed by atoms with Crippen molar-refractivity contribution in [1.29, 1.82) is 0 Å². The zero-order valence-corrected chi connectivity index (χ0v) is 10.3. The molecule has 0 atom stereocenters. The first-order chi connectivity index (χ1) is 7.87. The lowest BCUT2D eigenvalue weighted by atomic mass is 10.1. The topological polar surface area (TPSA) is 35.5 Å². The molecule has 0 amide bonds. The summed E-state index contributed by atoms with van der Waals surface area (Å²) in [7, 11) is 1.19. The van der Waals surface area contributed by atoms with Crippen LogP contribution in [-0.4, -0.2) is 19.4 Å². The monoisotopic (exact) mass is 312 g/mol. The summed E-state index contributed by atoms with van der Waals surface area (Å²) in [6.07, 6.45) is -4.75. The maximum atomic E-state index is 12.0. The summed E-state index contributed by atoms with van der Waals surface area (Å²) in [5.41, 5.74) is 0.553. The number of carbonyl (C=O) groups is 1. The molecule has 7 heteroatoms. The number of benzene rings is 1. The molecule has 0 unspecified atom stereocenters. The van der Waals surface area contributed by atoms with Crippen LogP contribution in [-0.2, 0) is 10.1 Å². The van der Waals surface area contributed by atoms with Crippen LogP contribution in [0.25, 0.3) is 0 Å². The van der Waals surface area contributed by atoms with E-state index in [9.17, 15) is 18.0 Å². The number of methoxy groups -OCH3 is 1. The van der Waals surface area contributed by atoms with Crippen LogP contribution in [0.2, 0.25) is 0 Å². The zero-order chi connectivity index (χ0) is 13.1. The van der Waals surface area contributed by atoms with E-state index in [1.165, 1.54) is 13.2 Å². The number of carbonyl (C=O) groups excluding carboxylic acids is 1. The molecule has 0 aromatic heterocycles. The highest BCUT2D eigenvalue weighted by Gasteiger charge is 2.31. The molecule has 0 aliphatic rings. The second-order valence-electron chi connectivity index (χ2n) is 2.99. The molecule has 17 heavy (non-hydrogen) atoms. The van der Waals surface area contributed by atoms with E-state index in [-0.39, 0.29) is 16.6 Å². The van der Waals surface area contributed by atoms with Crippen molar-refractivity contribution in [2.24, 2.45) is 0 Å². The Labute approximate surface area is 104 Å². The molecule has 3 nitrogen and oxygen atoms in total. The summed E-state index contributed by atoms with van der Waals surface area (Å²) in [5.74, 6) is -0.988. The van der Waals surface area contributed by atoms with Crippen molar-refractivity contribution in [2.75, 3.05) is 7.11 Å². The molecule has 0 aliphatic carbocycles. The van der Waals surface area contributed by atoms with Gasteiger partial charge in [0.1, 0.15) is 5.75 Å². The minimum absolute atomic E-state index is 0.193. The Morgan fingerprint density at radius 2 is 2.06 bits per heavy atom. The fraction of sp³-hybridized carbons (Fsp3) is 0.300. The predicted molar refractivity (Wildman–Crippen MR) is 57.1 cm³/mol. The van der Waals surface area contributed by atoms with E-state index in [2.05, 4.69) is 25.4 Å². The molecule has 0 saturated heterocycles. The lowest BCUT2D eigenvalue weighted by molar-refractivity contribution is -0.274. The van der Waals surface area contributed by atoms with Gasteiger partial charge in [-0.3, -0.25) is 0 Å². The average molecular weight is 313 g/mol. The van der Waals surface area contributed by atoms with Gasteiger partial charge in [0.2, 0.25) is 0 Å². The molecule has 0 aliphatic heterocycles. The van der Waals surface area contributed by atoms with Gasteiger partial charge in [-0.25, -0.2) is 4.79 Å². The van der Waals surface area contributed by atoms with Crippen LogP contribution in [0.4, 0.5) is 13.2 Å². The minimum atomic E-state index is -4.75. The van der Waals surface area contributed by atoms with Gasteiger partial charge in [0.05, 0.1) is 12.7 Å². The molecule has 0 fully saturated rings. The van der Waals surface area contributed by atoms with Crippen LogP contribution in [0.5, 0.6) is 5.75 Å². The standard InChI is InChI=1S/C10H8BrF3O3/c1-16-9(15)8-3-2-7(4-6(8)5-11)17-10(12,13)14/h2-4H,5H2,1H3. The lowest BCUT2D eigenvalue weighted by Crippen LogP contribution is -2.17. The predicted octanol–water partition coefficient (Wildman–Crippen LogP) is 3.27. The normalized spacial score (nSPS) is 11.1. The van der Waals surface area contributed by atoms with E-state index in [0.717, 1.165) is 12.1 Å². The third-order valence-electron chi connectivity index (χ3n) is 1.86. The van der Waals surface area contributed by atoms with Gasteiger partial charge in [-0.15, -0.1) is 13.2 Å². The van der Waals surface area contributed by atoms with Gasteiger partial charge in [0.25, 0.3) is 0 Å². The average Bonchev–Trinajstić information content (AvgIpc) is 2.25. The fourth-order valence-electron chi connectivity index (χ4n) is 1.19. The summed E-state index contributed by atoms with van der Waals surface area (Å²) < 4.78 is 44.2. The first-order valence-corrected chi connectivity index (χ1v) is 5.52. The molecule has 0 heterocycles. The Hall–Kier alpha value is -1.24. The first-order valence-electron chi connectivity index (χ1n) is 4.40. The third kappa shape index (κ3) is 3.92. The Kier molecular flexibility index (Phi) is 4.39. The highest BCUT2D eigenvalue weighted by molar-refractivity contribution is 9.08. The van der Waals surface area contributed by atoms with Crippen molar-refractivity contribution in [1.82, 2.24) is 0 Å². The number of alkyl halides is 4. The molecule has 1 aromatic carbocycles. The van der Waals surface area contributed by atoms with Gasteiger partial charge < -0.3 is 9.47 Å². The summed E-state index contributed by atoms with van der Waals surface area (Å²) in [6.45, 7) is 0. The van der Waals surface area contributed by atoms with E-state index in [1.54, 1.807) is 0 Å². The molecule has 1 rings (SSSR count). The van der Waals surface area contributed by atoms with Crippen molar-refractivity contribution in [3.8, 4) is 5.75 Å². The molecule has 0 N–H and O–H groups in total. The number of hydrogen-bond acceptors (Lipinski definition) is 3. The Morgan fingerprint density at radius 3 is 2.53 bits per heavy atom. The maximum absolute atomic E-state index is 12.0. The van der Waals surface area contributed by atoms with Crippen molar-refractivity contribution in [2.45, 2.75) is 11.7 Å². The third-order valence-corrected chi connectivity index (χ3v) is 2.46. The van der Waals surface area contributed by atoms with Gasteiger partial charge >= 0.3 is 12.3 Å². The number of halogens is 4. The van der Waals surface area contributed by atoms with E-state index < -0.39 is 12.3 Å². The molecule has 0 bridgehead atoms. The second-order valence-corrected chi connectivity index (χ2v) is 3.55. The van der Waals surface area contributed by atoms with Gasteiger partial charge in [0, 0.05) is 5.33 Å². The Morgan fingerprint density at radius 1 is 1.41 bits per heavy atom. The maximum Gasteiger partial charge on any atom is 0.573 e. The van der Waals surface area contributed by atoms with E-state index in [4.69, 9.17) is 0 Å². The SMILES string of the molecule is COC(=O)c1ccc(OC(F)(F)F)cc1CBr. The summed E-state index contributed by atoms with van der Waals surface area (Å²) in [6, 6.07) is 3.42. The number of rotatable bonds is 3. The smallest absolute Gasteiger partial charge is 0.465 e. The Balaban J connectivity index is 3.04. The van der Waals surface area contributed by atoms with Crippen molar-refractivity contribution >= 4 is 21.9 Å². The summed E-state index contributed by atoms with van der Waals surface area (Å²) in [5, 5.41) is 0.215. The largest absolute Gasteiger partial charge is 0.573 e. The molecule has 0 spiro atoms. The highest BCUT2D eigenvalue weighted by Crippen LogP contribution is 2.26. The first kappa shape index (κ1) is 13.8. The molecule has 0 saturated carbocycles. The van der Waals surface area contributed by atoms with Crippen LogP contribution in [0.15, 0.2) is 18.2 Å². The summed E-state index contributed by atoms with van der Waals surface area (Å²) in [4.78, 5) is 11.3. The van der Waals surface area contributed by atoms with Crippen molar-refractivity contribution in [3.05, 3.63) is 29.3 Å². The van der Waals surface area contributed by atoms with Crippen LogP contribution >= 0.6 is 15.9 Å². The number of esters is 1. The van der Waals surface area contributed by atoms with Crippen LogP contribution in [0.1, 0.15) is 15.9 Å². The lowest BCUT2D eigenvalue weighted by Gasteiger charge is -2.11. The van der Waals surface area contributed by atoms with Crippen LogP contribution in [0, 0.1) is 0 Å². The highest BCUT2D eigenvalue weighted by atomic mass is 79.9. The molecule has 0 radical (unpaired) electrons. The second kappa shape index (κ2) is 5.39. The van der Waals surface area contributed by atoms with Crippen LogP contribution < -0.4 is 4.74 Å². The van der Waals surface area contributed by atoms with E-state index in [1.807, 2.05) is 0 Å². The number of hydrogen-bond donors (Lipinski definition) is 0. The molecular weight excluding hydrogens is 305 g/mol. The van der Waals surface area contributed by atoms with Crippen molar-refractivity contribution in [3.63, 3.8) is 0 Å². The fourth-order valence-corrected chi connectivity index (χ4v) is 1.65. The zero-order valence-electron chi connectivity index (χ0n) is 8.68. The van der Waals surface area contributed by atoms with E-state index >= 15 is 0 Å². The summed E-state index contributed by atoms with van der Waals surface area (Å²) >= 11 is 3.08. The van der Waals surface area contributed by atoms with Gasteiger partial charge in [-0.2, -0.15) is 0 Å². The van der Waals surface area contributed by atoms with Crippen LogP contribution in [0.3, 0.4) is 0 Å². The van der Waals surface area contributed by atoms with Gasteiger partial charge in [-0.05, 0) is 23.8 Å². The number of ether oxygens (including phenoxy) is 2. The minimum Gasteiger partial charge on any atom is -0.465 e. The molecule has 94 valence electrons. The van der Waals surface area contributed by atoms with Gasteiger partial charge in [-0.1, -0.05) is 15.9 Å². The quantitative estimate of drug-likeness (QED) is 0.635. The van der Waals surface area contributed by atoms with Gasteiger partial charge in [0.15, 0.2) is 0 Å². The molecular formula is C10H8BrF3O3. The Bertz CT molecular complexity index is 418. The van der Waals surface area contributed by atoms with E-state index in [0.29, 0.717) is 5.56 Å². The molecule has 1 aromatic rings.